The molecule has 0 saturated heterocycles. The van der Waals surface area contributed by atoms with Gasteiger partial charge in [0, 0.05) is 25.7 Å². The summed E-state index contributed by atoms with van der Waals surface area (Å²) in [5.41, 5.74) is 0. The van der Waals surface area contributed by atoms with Gasteiger partial charge in [-0.1, -0.05) is 6.08 Å². The molecule has 2 unspecified atom stereocenters. The first kappa shape index (κ1) is 20.4. The fraction of sp³-hybridized carbons (Fsp3) is 0.750. The summed E-state index contributed by atoms with van der Waals surface area (Å²) in [6, 6.07) is -0.644. The first-order valence-corrected chi connectivity index (χ1v) is 6.01. The number of aliphatic hydroxyl groups is 1. The van der Waals surface area contributed by atoms with Gasteiger partial charge in [0.05, 0.1) is 12.1 Å². The van der Waals surface area contributed by atoms with E-state index in [1.165, 1.54) is 0 Å². The minimum Gasteiger partial charge on any atom is -0.548 e. The number of aliphatic carboxylic acids is 1. The SMILES string of the molecule is C=CCCCC(O)CNCCNC(C)C(=O)[O-].[Na+]. The van der Waals surface area contributed by atoms with Gasteiger partial charge in [-0.3, -0.25) is 0 Å². The largest absolute Gasteiger partial charge is 1.00 e. The monoisotopic (exact) mass is 266 g/mol. The number of aliphatic hydroxyl groups excluding tert-OH is 1. The Hall–Kier alpha value is 0.0900. The van der Waals surface area contributed by atoms with E-state index in [1.54, 1.807) is 6.92 Å². The Balaban J connectivity index is 0. The molecule has 0 rings (SSSR count). The van der Waals surface area contributed by atoms with Gasteiger partial charge in [0.1, 0.15) is 0 Å². The number of nitrogens with one attached hydrogen (secondary N) is 2. The molecule has 3 N–H and O–H groups in total. The van der Waals surface area contributed by atoms with Crippen molar-refractivity contribution in [3.8, 4) is 0 Å². The quantitative estimate of drug-likeness (QED) is 0.202. The molecule has 0 amide bonds. The molecule has 0 aliphatic rings. The molecule has 0 saturated carbocycles. The van der Waals surface area contributed by atoms with Gasteiger partial charge in [-0.25, -0.2) is 0 Å². The van der Waals surface area contributed by atoms with E-state index >= 15 is 0 Å². The molecule has 2 atom stereocenters. The van der Waals surface area contributed by atoms with Gasteiger partial charge in [-0.2, -0.15) is 0 Å². The molecule has 0 radical (unpaired) electrons. The van der Waals surface area contributed by atoms with Crippen molar-refractivity contribution >= 4 is 5.97 Å². The number of hydrogen-bond donors (Lipinski definition) is 3. The molecule has 5 nitrogen and oxygen atoms in total. The van der Waals surface area contributed by atoms with Crippen molar-refractivity contribution in [3.63, 3.8) is 0 Å². The van der Waals surface area contributed by atoms with E-state index in [0.29, 0.717) is 19.6 Å². The van der Waals surface area contributed by atoms with Gasteiger partial charge in [0.15, 0.2) is 0 Å². The van der Waals surface area contributed by atoms with Crippen LogP contribution in [0.5, 0.6) is 0 Å². The molecule has 0 aromatic carbocycles. The van der Waals surface area contributed by atoms with Crippen LogP contribution in [-0.4, -0.2) is 42.9 Å². The Labute approximate surface area is 131 Å². The maximum Gasteiger partial charge on any atom is 1.00 e. The smallest absolute Gasteiger partial charge is 0.548 e. The van der Waals surface area contributed by atoms with Crippen LogP contribution in [0.3, 0.4) is 0 Å². The van der Waals surface area contributed by atoms with Gasteiger partial charge < -0.3 is 25.6 Å². The number of hydrogen-bond acceptors (Lipinski definition) is 5. The van der Waals surface area contributed by atoms with E-state index in [-0.39, 0.29) is 35.7 Å². The third-order valence-electron chi connectivity index (χ3n) is 2.43. The van der Waals surface area contributed by atoms with Crippen LogP contribution < -0.4 is 45.3 Å². The molecule has 0 aromatic heterocycles. The molecule has 6 heteroatoms. The molecule has 0 aromatic rings. The van der Waals surface area contributed by atoms with Crippen molar-refractivity contribution in [2.45, 2.75) is 38.3 Å². The molecule has 0 fully saturated rings. The standard InChI is InChI=1S/C12H24N2O3.Na/c1-3-4-5-6-11(15)9-13-7-8-14-10(2)12(16)17;/h3,10-11,13-15H,1,4-9H2,2H3,(H,16,17);/q;+1/p-1. The number of carbonyl (C=O) groups is 1. The Bertz CT molecular complexity index is 227. The van der Waals surface area contributed by atoms with Crippen molar-refractivity contribution < 1.29 is 44.6 Å². The van der Waals surface area contributed by atoms with Crippen LogP contribution in [0.4, 0.5) is 0 Å². The summed E-state index contributed by atoms with van der Waals surface area (Å²) in [7, 11) is 0. The zero-order valence-electron chi connectivity index (χ0n) is 11.4. The van der Waals surface area contributed by atoms with E-state index in [4.69, 9.17) is 0 Å². The Kier molecular flexibility index (Phi) is 15.3. The fourth-order valence-electron chi connectivity index (χ4n) is 1.33. The predicted octanol–water partition coefficient (Wildman–Crippen LogP) is -3.97. The van der Waals surface area contributed by atoms with Crippen LogP contribution >= 0.6 is 0 Å². The average molecular weight is 266 g/mol. The Morgan fingerprint density at radius 2 is 2.17 bits per heavy atom. The van der Waals surface area contributed by atoms with Gasteiger partial charge in [0.2, 0.25) is 0 Å². The number of allylic oxidation sites excluding steroid dienone is 1. The fourth-order valence-corrected chi connectivity index (χ4v) is 1.33. The van der Waals surface area contributed by atoms with Crippen LogP contribution in [0.2, 0.25) is 0 Å². The second-order valence-corrected chi connectivity index (χ2v) is 4.07. The van der Waals surface area contributed by atoms with Gasteiger partial charge in [0.25, 0.3) is 0 Å². The second kappa shape index (κ2) is 13.5. The van der Waals surface area contributed by atoms with E-state index in [2.05, 4.69) is 17.2 Å². The Morgan fingerprint density at radius 3 is 2.72 bits per heavy atom. The van der Waals surface area contributed by atoms with Crippen LogP contribution in [0.1, 0.15) is 26.2 Å². The number of carbonyl (C=O) groups excluding carboxylic acids is 1. The predicted molar refractivity (Wildman–Crippen MR) is 65.4 cm³/mol. The van der Waals surface area contributed by atoms with Crippen LogP contribution in [0, 0.1) is 0 Å². The van der Waals surface area contributed by atoms with Crippen LogP contribution in [0.15, 0.2) is 12.7 Å². The summed E-state index contributed by atoms with van der Waals surface area (Å²) in [5.74, 6) is -1.10. The van der Waals surface area contributed by atoms with Crippen LogP contribution in [-0.2, 0) is 4.79 Å². The maximum absolute atomic E-state index is 10.4. The second-order valence-electron chi connectivity index (χ2n) is 4.07. The van der Waals surface area contributed by atoms with E-state index in [9.17, 15) is 15.0 Å². The molecular weight excluding hydrogens is 243 g/mol. The van der Waals surface area contributed by atoms with Gasteiger partial charge in [-0.05, 0) is 26.2 Å². The topological polar surface area (TPSA) is 84.4 Å². The molecular formula is C12H23N2NaO3. The van der Waals surface area contributed by atoms with Crippen LogP contribution in [0.25, 0.3) is 0 Å². The molecule has 0 bridgehead atoms. The van der Waals surface area contributed by atoms with E-state index in [1.807, 2.05) is 6.08 Å². The van der Waals surface area contributed by atoms with Crippen molar-refractivity contribution in [2.75, 3.05) is 19.6 Å². The van der Waals surface area contributed by atoms with Gasteiger partial charge >= 0.3 is 29.6 Å². The van der Waals surface area contributed by atoms with Gasteiger partial charge in [-0.15, -0.1) is 6.58 Å². The molecule has 100 valence electrons. The van der Waals surface area contributed by atoms with Crippen molar-refractivity contribution in [1.29, 1.82) is 0 Å². The normalized spacial score (nSPS) is 13.4. The zero-order chi connectivity index (χ0) is 13.1. The minimum atomic E-state index is -1.10. The number of carboxylic acid groups (broad SMARTS) is 1. The molecule has 0 aliphatic carbocycles. The van der Waals surface area contributed by atoms with Crippen molar-refractivity contribution in [2.24, 2.45) is 0 Å². The first-order chi connectivity index (χ1) is 8.07. The van der Waals surface area contributed by atoms with E-state index < -0.39 is 12.0 Å². The number of unbranched alkanes of at least 4 members (excludes halogenated alkanes) is 1. The molecule has 0 heterocycles. The third kappa shape index (κ3) is 12.5. The Morgan fingerprint density at radius 1 is 1.50 bits per heavy atom. The summed E-state index contributed by atoms with van der Waals surface area (Å²) < 4.78 is 0. The molecule has 0 spiro atoms. The van der Waals surface area contributed by atoms with E-state index in [0.717, 1.165) is 19.3 Å². The first-order valence-electron chi connectivity index (χ1n) is 6.01. The number of rotatable bonds is 11. The summed E-state index contributed by atoms with van der Waals surface area (Å²) in [6.07, 6.45) is 4.09. The summed E-state index contributed by atoms with van der Waals surface area (Å²) >= 11 is 0. The van der Waals surface area contributed by atoms with Crippen molar-refractivity contribution in [3.05, 3.63) is 12.7 Å². The summed E-state index contributed by atoms with van der Waals surface area (Å²) in [4.78, 5) is 10.4. The summed E-state index contributed by atoms with van der Waals surface area (Å²) in [6.45, 7) is 6.84. The average Bonchev–Trinajstić information content (AvgIpc) is 2.28. The molecule has 0 aliphatic heterocycles. The zero-order valence-corrected chi connectivity index (χ0v) is 13.4. The van der Waals surface area contributed by atoms with Crippen molar-refractivity contribution in [1.82, 2.24) is 10.6 Å². The number of carboxylic acids is 1. The minimum absolute atomic E-state index is 0. The third-order valence-corrected chi connectivity index (χ3v) is 2.43. The summed E-state index contributed by atoms with van der Waals surface area (Å²) in [5, 5.41) is 25.8. The molecule has 18 heavy (non-hydrogen) atoms. The maximum atomic E-state index is 10.4.